The number of nitrogens with zero attached hydrogens (tertiary/aromatic N) is 1. The topological polar surface area (TPSA) is 87.7 Å². The zero-order chi connectivity index (χ0) is 13.0. The molecule has 0 radical (unpaired) electrons. The molecule has 4 N–H and O–H groups in total. The van der Waals surface area contributed by atoms with E-state index >= 15 is 0 Å². The van der Waals surface area contributed by atoms with Gasteiger partial charge >= 0.3 is 0 Å². The lowest BCUT2D eigenvalue weighted by atomic mass is 10.1. The standard InChI is InChI=1S/C11H14FN3O2/c1-6-4-3-5-8(9(6)12)11(16)14-7(2)10(13)15-17/h3-5,7,17H,1-2H3,(H2,13,15)(H,14,16). The van der Waals surface area contributed by atoms with Crippen LogP contribution in [0.25, 0.3) is 0 Å². The lowest BCUT2D eigenvalue weighted by Crippen LogP contribution is -2.42. The van der Waals surface area contributed by atoms with Gasteiger partial charge in [-0.3, -0.25) is 4.79 Å². The number of nitrogens with one attached hydrogen (secondary N) is 1. The van der Waals surface area contributed by atoms with Gasteiger partial charge in [-0.2, -0.15) is 0 Å². The molecule has 0 heterocycles. The van der Waals surface area contributed by atoms with E-state index in [0.717, 1.165) is 0 Å². The van der Waals surface area contributed by atoms with Gasteiger partial charge in [0.05, 0.1) is 11.6 Å². The Kier molecular flexibility index (Phi) is 4.03. The van der Waals surface area contributed by atoms with Gasteiger partial charge < -0.3 is 16.3 Å². The Morgan fingerprint density at radius 3 is 2.82 bits per heavy atom. The van der Waals surface area contributed by atoms with Crippen LogP contribution in [-0.4, -0.2) is 23.0 Å². The molecule has 0 aliphatic rings. The lowest BCUT2D eigenvalue weighted by Gasteiger charge is -2.12. The third kappa shape index (κ3) is 2.93. The van der Waals surface area contributed by atoms with Crippen LogP contribution in [0.3, 0.4) is 0 Å². The molecule has 1 unspecified atom stereocenters. The van der Waals surface area contributed by atoms with Crippen LogP contribution in [0.1, 0.15) is 22.8 Å². The molecule has 0 aromatic heterocycles. The van der Waals surface area contributed by atoms with E-state index < -0.39 is 17.8 Å². The van der Waals surface area contributed by atoms with E-state index in [4.69, 9.17) is 10.9 Å². The van der Waals surface area contributed by atoms with Crippen molar-refractivity contribution >= 4 is 11.7 Å². The highest BCUT2D eigenvalue weighted by Gasteiger charge is 2.16. The summed E-state index contributed by atoms with van der Waals surface area (Å²) >= 11 is 0. The number of carbonyl (C=O) groups excluding carboxylic acids is 1. The second-order valence-corrected chi connectivity index (χ2v) is 3.66. The first-order chi connectivity index (χ1) is 7.97. The Morgan fingerprint density at radius 1 is 1.59 bits per heavy atom. The van der Waals surface area contributed by atoms with Crippen LogP contribution in [0.5, 0.6) is 0 Å². The summed E-state index contributed by atoms with van der Waals surface area (Å²) in [5.74, 6) is -1.33. The maximum atomic E-state index is 13.6. The van der Waals surface area contributed by atoms with Crippen molar-refractivity contribution in [2.75, 3.05) is 0 Å². The Balaban J connectivity index is 2.88. The van der Waals surface area contributed by atoms with E-state index in [1.54, 1.807) is 19.1 Å². The van der Waals surface area contributed by atoms with Crippen molar-refractivity contribution in [1.29, 1.82) is 0 Å². The minimum absolute atomic E-state index is 0.0670. The first kappa shape index (κ1) is 13.0. The van der Waals surface area contributed by atoms with Gasteiger partial charge in [0.2, 0.25) is 0 Å². The molecule has 5 nitrogen and oxygen atoms in total. The summed E-state index contributed by atoms with van der Waals surface area (Å²) in [6.45, 7) is 3.10. The smallest absolute Gasteiger partial charge is 0.254 e. The summed E-state index contributed by atoms with van der Waals surface area (Å²) in [4.78, 5) is 11.7. The fourth-order valence-corrected chi connectivity index (χ4v) is 1.26. The maximum absolute atomic E-state index is 13.6. The minimum atomic E-state index is -0.674. The van der Waals surface area contributed by atoms with E-state index in [0.29, 0.717) is 5.56 Å². The molecule has 0 spiro atoms. The highest BCUT2D eigenvalue weighted by atomic mass is 19.1. The quantitative estimate of drug-likeness (QED) is 0.318. The number of nitrogens with two attached hydrogens (primary N) is 1. The fraction of sp³-hybridized carbons (Fsp3) is 0.273. The summed E-state index contributed by atoms with van der Waals surface area (Å²) in [7, 11) is 0. The molecule has 17 heavy (non-hydrogen) atoms. The molecule has 0 saturated heterocycles. The molecule has 0 aliphatic carbocycles. The molecular weight excluding hydrogens is 225 g/mol. The van der Waals surface area contributed by atoms with E-state index in [-0.39, 0.29) is 11.4 Å². The van der Waals surface area contributed by atoms with Gasteiger partial charge in [-0.05, 0) is 25.5 Å². The average molecular weight is 239 g/mol. The largest absolute Gasteiger partial charge is 0.409 e. The molecule has 92 valence electrons. The number of rotatable bonds is 3. The molecule has 1 rings (SSSR count). The zero-order valence-corrected chi connectivity index (χ0v) is 9.57. The Bertz CT molecular complexity index is 460. The van der Waals surface area contributed by atoms with Crippen LogP contribution >= 0.6 is 0 Å². The summed E-state index contributed by atoms with van der Waals surface area (Å²) < 4.78 is 13.6. The molecular formula is C11H14FN3O2. The Labute approximate surface area is 98.1 Å². The molecule has 1 atom stereocenters. The van der Waals surface area contributed by atoms with Crippen molar-refractivity contribution in [1.82, 2.24) is 5.32 Å². The van der Waals surface area contributed by atoms with Crippen molar-refractivity contribution in [2.24, 2.45) is 10.9 Å². The molecule has 0 fully saturated rings. The number of oxime groups is 1. The second kappa shape index (κ2) is 5.29. The SMILES string of the molecule is Cc1cccc(C(=O)NC(C)/C(N)=N/O)c1F. The molecule has 0 saturated carbocycles. The molecule has 0 aliphatic heterocycles. The van der Waals surface area contributed by atoms with Crippen LogP contribution in [0.15, 0.2) is 23.4 Å². The lowest BCUT2D eigenvalue weighted by molar-refractivity contribution is 0.0944. The van der Waals surface area contributed by atoms with E-state index in [1.807, 2.05) is 0 Å². The number of amides is 1. The number of amidine groups is 1. The summed E-state index contributed by atoms with van der Waals surface area (Å²) in [6, 6.07) is 3.85. The van der Waals surface area contributed by atoms with Crippen molar-refractivity contribution in [2.45, 2.75) is 19.9 Å². The minimum Gasteiger partial charge on any atom is -0.409 e. The number of aryl methyl sites for hydroxylation is 1. The van der Waals surface area contributed by atoms with Crippen LogP contribution < -0.4 is 11.1 Å². The zero-order valence-electron chi connectivity index (χ0n) is 9.57. The van der Waals surface area contributed by atoms with Gasteiger partial charge in [0.25, 0.3) is 5.91 Å². The van der Waals surface area contributed by atoms with E-state index in [1.165, 1.54) is 13.0 Å². The number of halogens is 1. The third-order valence-electron chi connectivity index (χ3n) is 2.34. The van der Waals surface area contributed by atoms with Crippen LogP contribution in [0, 0.1) is 12.7 Å². The monoisotopic (exact) mass is 239 g/mol. The van der Waals surface area contributed by atoms with Crippen LogP contribution in [-0.2, 0) is 0 Å². The predicted octanol–water partition coefficient (Wildman–Crippen LogP) is 0.999. The molecule has 1 aromatic carbocycles. The summed E-state index contributed by atoms with van der Waals surface area (Å²) in [5.41, 5.74) is 5.62. The van der Waals surface area contributed by atoms with Gasteiger partial charge in [-0.15, -0.1) is 0 Å². The van der Waals surface area contributed by atoms with Crippen LogP contribution in [0.4, 0.5) is 4.39 Å². The highest BCUT2D eigenvalue weighted by Crippen LogP contribution is 2.11. The second-order valence-electron chi connectivity index (χ2n) is 3.66. The molecule has 0 bridgehead atoms. The van der Waals surface area contributed by atoms with Crippen molar-refractivity contribution in [3.8, 4) is 0 Å². The van der Waals surface area contributed by atoms with E-state index in [2.05, 4.69) is 10.5 Å². The number of hydrogen-bond donors (Lipinski definition) is 3. The Morgan fingerprint density at radius 2 is 2.24 bits per heavy atom. The number of carbonyl (C=O) groups is 1. The van der Waals surface area contributed by atoms with Crippen molar-refractivity contribution < 1.29 is 14.4 Å². The first-order valence-electron chi connectivity index (χ1n) is 5.00. The normalized spacial score (nSPS) is 13.2. The van der Waals surface area contributed by atoms with E-state index in [9.17, 15) is 9.18 Å². The maximum Gasteiger partial charge on any atom is 0.254 e. The summed E-state index contributed by atoms with van der Waals surface area (Å²) in [5, 5.41) is 13.6. The first-order valence-corrected chi connectivity index (χ1v) is 5.00. The van der Waals surface area contributed by atoms with Gasteiger partial charge in [0.15, 0.2) is 5.84 Å². The van der Waals surface area contributed by atoms with Crippen molar-refractivity contribution in [3.63, 3.8) is 0 Å². The van der Waals surface area contributed by atoms with Gasteiger partial charge in [-0.25, -0.2) is 4.39 Å². The highest BCUT2D eigenvalue weighted by molar-refractivity contribution is 5.98. The predicted molar refractivity (Wildman–Crippen MR) is 61.5 cm³/mol. The molecule has 6 heteroatoms. The Hall–Kier alpha value is -2.11. The number of hydrogen-bond acceptors (Lipinski definition) is 3. The summed E-state index contributed by atoms with van der Waals surface area (Å²) in [6.07, 6.45) is 0. The van der Waals surface area contributed by atoms with Crippen LogP contribution in [0.2, 0.25) is 0 Å². The van der Waals surface area contributed by atoms with Crippen molar-refractivity contribution in [3.05, 3.63) is 35.1 Å². The van der Waals surface area contributed by atoms with Gasteiger partial charge in [0, 0.05) is 0 Å². The number of benzene rings is 1. The van der Waals surface area contributed by atoms with Gasteiger partial charge in [0.1, 0.15) is 5.82 Å². The molecule has 1 aromatic rings. The average Bonchev–Trinajstić information content (AvgIpc) is 2.31. The molecule has 1 amide bonds. The third-order valence-corrected chi connectivity index (χ3v) is 2.34. The fourth-order valence-electron chi connectivity index (χ4n) is 1.26. The van der Waals surface area contributed by atoms with Gasteiger partial charge in [-0.1, -0.05) is 17.3 Å².